The summed E-state index contributed by atoms with van der Waals surface area (Å²) in [6.07, 6.45) is 2.65. The highest BCUT2D eigenvalue weighted by Gasteiger charge is 2.36. The average Bonchev–Trinajstić information content (AvgIpc) is 3.35. The molecule has 0 unspecified atom stereocenters. The Bertz CT molecular complexity index is 633. The summed E-state index contributed by atoms with van der Waals surface area (Å²) >= 11 is 5.59. The Morgan fingerprint density at radius 3 is 2.52 bits per heavy atom. The molecule has 2 saturated carbocycles. The molecule has 23 heavy (non-hydrogen) atoms. The molecule has 124 valence electrons. The van der Waals surface area contributed by atoms with E-state index in [2.05, 4.69) is 0 Å². The fourth-order valence-electron chi connectivity index (χ4n) is 2.51. The van der Waals surface area contributed by atoms with Gasteiger partial charge in [0.05, 0.1) is 10.6 Å². The van der Waals surface area contributed by atoms with Crippen molar-refractivity contribution in [1.82, 2.24) is 4.90 Å². The van der Waals surface area contributed by atoms with Crippen LogP contribution in [0.5, 0.6) is 0 Å². The monoisotopic (exact) mass is 343 g/mol. The van der Waals surface area contributed by atoms with E-state index in [0.717, 1.165) is 38.3 Å². The molecule has 0 N–H and O–H groups in total. The lowest BCUT2D eigenvalue weighted by atomic mass is 10.1. The first kappa shape index (κ1) is 16.4. The predicted octanol–water partition coefficient (Wildman–Crippen LogP) is 4.77. The zero-order valence-corrected chi connectivity index (χ0v) is 13.2. The molecule has 1 amide bonds. The normalized spacial score (nSPS) is 18.4. The Morgan fingerprint density at radius 1 is 1.26 bits per heavy atom. The predicted molar refractivity (Wildman–Crippen MR) is 82.9 cm³/mol. The van der Waals surface area contributed by atoms with E-state index >= 15 is 0 Å². The summed E-state index contributed by atoms with van der Waals surface area (Å²) in [4.78, 5) is 14.2. The first-order chi connectivity index (χ1) is 10.8. The van der Waals surface area contributed by atoms with Gasteiger partial charge in [0.15, 0.2) is 0 Å². The highest BCUT2D eigenvalue weighted by Crippen LogP contribution is 2.36. The number of carbonyl (C=O) groups is 1. The Balaban J connectivity index is 1.72. The molecule has 2 fully saturated rings. The number of alkyl halides is 3. The molecule has 0 aliphatic heterocycles. The Morgan fingerprint density at radius 2 is 1.96 bits per heavy atom. The van der Waals surface area contributed by atoms with Crippen LogP contribution < -0.4 is 0 Å². The molecule has 2 aliphatic carbocycles. The van der Waals surface area contributed by atoms with Gasteiger partial charge in [-0.05, 0) is 55.4 Å². The third-order valence-electron chi connectivity index (χ3n) is 4.14. The fourth-order valence-corrected chi connectivity index (χ4v) is 2.74. The Kier molecular flexibility index (Phi) is 4.41. The SMILES string of the molecule is O=C(/C=C/c1ccc(Cl)c(C(F)(F)F)c1)N(CC1CC1)C1CC1. The number of halogens is 4. The van der Waals surface area contributed by atoms with Crippen molar-refractivity contribution in [3.63, 3.8) is 0 Å². The molecule has 0 bridgehead atoms. The minimum absolute atomic E-state index is 0.122. The Labute approximate surface area is 137 Å². The molecule has 0 saturated heterocycles. The lowest BCUT2D eigenvalue weighted by molar-refractivity contribution is -0.137. The Hall–Kier alpha value is -1.49. The fraction of sp³-hybridized carbons (Fsp3) is 0.471. The van der Waals surface area contributed by atoms with Gasteiger partial charge >= 0.3 is 6.18 Å². The summed E-state index contributed by atoms with van der Waals surface area (Å²) in [6.45, 7) is 0.766. The van der Waals surface area contributed by atoms with Gasteiger partial charge in [-0.3, -0.25) is 4.79 Å². The number of rotatable bonds is 5. The minimum Gasteiger partial charge on any atom is -0.336 e. The summed E-state index contributed by atoms with van der Waals surface area (Å²) < 4.78 is 38.5. The summed E-state index contributed by atoms with van der Waals surface area (Å²) in [5.41, 5.74) is -0.567. The van der Waals surface area contributed by atoms with Gasteiger partial charge in [0, 0.05) is 18.7 Å². The van der Waals surface area contributed by atoms with Crippen LogP contribution in [0.2, 0.25) is 5.02 Å². The maximum absolute atomic E-state index is 12.8. The van der Waals surface area contributed by atoms with Crippen LogP contribution in [0, 0.1) is 5.92 Å². The molecule has 2 aliphatic rings. The van der Waals surface area contributed by atoms with Gasteiger partial charge in [-0.25, -0.2) is 0 Å². The molecular weight excluding hydrogens is 327 g/mol. The van der Waals surface area contributed by atoms with Crippen LogP contribution in [-0.4, -0.2) is 23.4 Å². The van der Waals surface area contributed by atoms with Crippen LogP contribution in [0.15, 0.2) is 24.3 Å². The van der Waals surface area contributed by atoms with Crippen molar-refractivity contribution in [2.45, 2.75) is 37.9 Å². The second kappa shape index (κ2) is 6.19. The summed E-state index contributed by atoms with van der Waals surface area (Å²) in [5.74, 6) is 0.475. The van der Waals surface area contributed by atoms with Gasteiger partial charge in [-0.15, -0.1) is 0 Å². The number of nitrogens with zero attached hydrogens (tertiary/aromatic N) is 1. The lowest BCUT2D eigenvalue weighted by Crippen LogP contribution is -2.33. The van der Waals surface area contributed by atoms with Crippen molar-refractivity contribution >= 4 is 23.6 Å². The zero-order valence-electron chi connectivity index (χ0n) is 12.4. The van der Waals surface area contributed by atoms with Gasteiger partial charge in [0.25, 0.3) is 0 Å². The van der Waals surface area contributed by atoms with Gasteiger partial charge in [0.1, 0.15) is 0 Å². The molecule has 1 aromatic rings. The number of carbonyl (C=O) groups excluding carboxylic acids is 1. The minimum atomic E-state index is -4.50. The lowest BCUT2D eigenvalue weighted by Gasteiger charge is -2.20. The molecular formula is C17H17ClF3NO. The van der Waals surface area contributed by atoms with Gasteiger partial charge in [0.2, 0.25) is 5.91 Å². The van der Waals surface area contributed by atoms with E-state index in [-0.39, 0.29) is 10.9 Å². The van der Waals surface area contributed by atoms with Crippen LogP contribution in [0.25, 0.3) is 6.08 Å². The van der Waals surface area contributed by atoms with Gasteiger partial charge < -0.3 is 4.90 Å². The van der Waals surface area contributed by atoms with Crippen molar-refractivity contribution in [2.24, 2.45) is 5.92 Å². The van der Waals surface area contributed by atoms with Gasteiger partial charge in [-0.1, -0.05) is 17.7 Å². The standard InChI is InChI=1S/C17H17ClF3NO/c18-15-7-3-11(9-14(15)17(19,20)21)4-8-16(23)22(13-5-6-13)10-12-1-2-12/h3-4,7-9,12-13H,1-2,5-6,10H2/b8-4+. The highest BCUT2D eigenvalue weighted by molar-refractivity contribution is 6.31. The second-order valence-electron chi connectivity index (χ2n) is 6.24. The van der Waals surface area contributed by atoms with E-state index in [1.807, 2.05) is 4.90 Å². The quantitative estimate of drug-likeness (QED) is 0.705. The van der Waals surface area contributed by atoms with Crippen LogP contribution in [0.4, 0.5) is 13.2 Å². The smallest absolute Gasteiger partial charge is 0.336 e. The van der Waals surface area contributed by atoms with E-state index in [0.29, 0.717) is 17.5 Å². The first-order valence-corrected chi connectivity index (χ1v) is 8.08. The molecule has 0 spiro atoms. The van der Waals surface area contributed by atoms with E-state index in [4.69, 9.17) is 11.6 Å². The summed E-state index contributed by atoms with van der Waals surface area (Å²) in [7, 11) is 0. The third-order valence-corrected chi connectivity index (χ3v) is 4.47. The summed E-state index contributed by atoms with van der Waals surface area (Å²) in [5, 5.41) is -0.339. The van der Waals surface area contributed by atoms with Crippen molar-refractivity contribution in [3.8, 4) is 0 Å². The molecule has 1 aromatic carbocycles. The molecule has 0 radical (unpaired) electrons. The molecule has 3 rings (SSSR count). The zero-order chi connectivity index (χ0) is 16.6. The molecule has 0 heterocycles. The van der Waals surface area contributed by atoms with Crippen molar-refractivity contribution in [3.05, 3.63) is 40.4 Å². The third kappa shape index (κ3) is 4.28. The largest absolute Gasteiger partial charge is 0.417 e. The van der Waals surface area contributed by atoms with E-state index in [1.54, 1.807) is 0 Å². The van der Waals surface area contributed by atoms with E-state index < -0.39 is 11.7 Å². The van der Waals surface area contributed by atoms with Gasteiger partial charge in [-0.2, -0.15) is 13.2 Å². The number of benzene rings is 1. The topological polar surface area (TPSA) is 20.3 Å². The molecule has 6 heteroatoms. The average molecular weight is 344 g/mol. The van der Waals surface area contributed by atoms with E-state index in [9.17, 15) is 18.0 Å². The molecule has 0 atom stereocenters. The van der Waals surface area contributed by atoms with Crippen molar-refractivity contribution in [2.75, 3.05) is 6.54 Å². The summed E-state index contributed by atoms with van der Waals surface area (Å²) in [6, 6.07) is 3.96. The number of hydrogen-bond donors (Lipinski definition) is 0. The van der Waals surface area contributed by atoms with Crippen molar-refractivity contribution < 1.29 is 18.0 Å². The van der Waals surface area contributed by atoms with Crippen LogP contribution in [0.3, 0.4) is 0 Å². The molecule has 2 nitrogen and oxygen atoms in total. The number of amides is 1. The van der Waals surface area contributed by atoms with Crippen LogP contribution >= 0.6 is 11.6 Å². The first-order valence-electron chi connectivity index (χ1n) is 7.70. The number of hydrogen-bond acceptors (Lipinski definition) is 1. The van der Waals surface area contributed by atoms with Crippen LogP contribution in [-0.2, 0) is 11.0 Å². The maximum atomic E-state index is 12.8. The highest BCUT2D eigenvalue weighted by atomic mass is 35.5. The maximum Gasteiger partial charge on any atom is 0.417 e. The van der Waals surface area contributed by atoms with E-state index in [1.165, 1.54) is 24.3 Å². The molecule has 0 aromatic heterocycles. The van der Waals surface area contributed by atoms with Crippen molar-refractivity contribution in [1.29, 1.82) is 0 Å². The second-order valence-corrected chi connectivity index (χ2v) is 6.64. The van der Waals surface area contributed by atoms with Crippen LogP contribution in [0.1, 0.15) is 36.8 Å².